The maximum Gasteiger partial charge on any atom is 0.351 e. The summed E-state index contributed by atoms with van der Waals surface area (Å²) in [7, 11) is 0. The topological polar surface area (TPSA) is 86.0 Å². The summed E-state index contributed by atoms with van der Waals surface area (Å²) >= 11 is 0. The highest BCUT2D eigenvalue weighted by Gasteiger charge is 2.24. The van der Waals surface area contributed by atoms with Crippen molar-refractivity contribution in [1.29, 1.82) is 0 Å². The van der Waals surface area contributed by atoms with Crippen molar-refractivity contribution in [1.82, 2.24) is 0 Å². The molecule has 0 saturated carbocycles. The smallest absolute Gasteiger partial charge is 0.351 e. The number of aryl methyl sites for hydroxylation is 1. The molecular formula is C19H22O6. The Morgan fingerprint density at radius 3 is 2.80 bits per heavy atom. The molecule has 1 fully saturated rings. The summed E-state index contributed by atoms with van der Waals surface area (Å²) in [6, 6.07) is 3.29. The van der Waals surface area contributed by atoms with Crippen LogP contribution in [0, 0.1) is 6.92 Å². The van der Waals surface area contributed by atoms with Crippen molar-refractivity contribution < 1.29 is 23.8 Å². The molecule has 6 heteroatoms. The highest BCUT2D eigenvalue weighted by Crippen LogP contribution is 2.34. The number of aromatic hydroxyl groups is 1. The van der Waals surface area contributed by atoms with E-state index in [0.717, 1.165) is 19.3 Å². The van der Waals surface area contributed by atoms with Gasteiger partial charge in [-0.2, -0.15) is 0 Å². The summed E-state index contributed by atoms with van der Waals surface area (Å²) in [4.78, 5) is 24.0. The van der Waals surface area contributed by atoms with Crippen molar-refractivity contribution >= 4 is 16.8 Å². The largest absolute Gasteiger partial charge is 0.506 e. The van der Waals surface area contributed by atoms with Crippen LogP contribution in [0.2, 0.25) is 0 Å². The molecule has 6 nitrogen and oxygen atoms in total. The minimum absolute atomic E-state index is 0.112. The van der Waals surface area contributed by atoms with Gasteiger partial charge in [-0.1, -0.05) is 6.92 Å². The van der Waals surface area contributed by atoms with E-state index in [1.165, 1.54) is 0 Å². The maximum atomic E-state index is 12.1. The van der Waals surface area contributed by atoms with Gasteiger partial charge in [0.05, 0.1) is 11.5 Å². The number of ketones is 1. The van der Waals surface area contributed by atoms with Gasteiger partial charge in [-0.25, -0.2) is 4.79 Å². The first-order chi connectivity index (χ1) is 11.9. The van der Waals surface area contributed by atoms with Crippen molar-refractivity contribution in [2.75, 3.05) is 0 Å². The van der Waals surface area contributed by atoms with Crippen LogP contribution in [-0.4, -0.2) is 23.3 Å². The maximum absolute atomic E-state index is 12.1. The van der Waals surface area contributed by atoms with E-state index in [-0.39, 0.29) is 35.7 Å². The molecule has 2 aromatic rings. The Balaban J connectivity index is 2.03. The second kappa shape index (κ2) is 6.88. The van der Waals surface area contributed by atoms with Crippen molar-refractivity contribution in [3.05, 3.63) is 33.7 Å². The average Bonchev–Trinajstić information content (AvgIpc) is 2.58. The van der Waals surface area contributed by atoms with Gasteiger partial charge in [0.2, 0.25) is 0 Å². The minimum atomic E-state index is -0.834. The van der Waals surface area contributed by atoms with Crippen LogP contribution in [0.25, 0.3) is 11.0 Å². The normalized spacial score (nSPS) is 20.6. The van der Waals surface area contributed by atoms with E-state index in [0.29, 0.717) is 16.7 Å². The predicted octanol–water partition coefficient (Wildman–Crippen LogP) is 3.69. The number of carbonyl (C=O) groups is 1. The Morgan fingerprint density at radius 1 is 1.36 bits per heavy atom. The summed E-state index contributed by atoms with van der Waals surface area (Å²) in [5.74, 6) is -0.255. The molecule has 0 spiro atoms. The molecule has 1 aliphatic rings. The molecule has 0 aliphatic carbocycles. The van der Waals surface area contributed by atoms with Crippen LogP contribution in [0.4, 0.5) is 0 Å². The molecule has 0 radical (unpaired) electrons. The number of carbonyl (C=O) groups excluding carboxylic acids is 1. The van der Waals surface area contributed by atoms with Crippen LogP contribution in [0.5, 0.6) is 11.5 Å². The third kappa shape index (κ3) is 3.26. The number of rotatable bonds is 4. The molecular weight excluding hydrogens is 324 g/mol. The quantitative estimate of drug-likeness (QED) is 0.671. The van der Waals surface area contributed by atoms with Gasteiger partial charge in [0.25, 0.3) is 0 Å². The Labute approximate surface area is 145 Å². The number of ether oxygens (including phenoxy) is 2. The van der Waals surface area contributed by atoms with Gasteiger partial charge in [0.15, 0.2) is 12.1 Å². The lowest BCUT2D eigenvalue weighted by molar-refractivity contribution is -0.141. The number of fused-ring (bicyclic) bond motifs is 1. The van der Waals surface area contributed by atoms with Crippen LogP contribution < -0.4 is 10.4 Å². The molecule has 1 saturated heterocycles. The second-order valence-electron chi connectivity index (χ2n) is 6.38. The first-order valence-corrected chi connectivity index (χ1v) is 8.57. The van der Waals surface area contributed by atoms with E-state index in [2.05, 4.69) is 0 Å². The Morgan fingerprint density at radius 2 is 2.12 bits per heavy atom. The molecule has 134 valence electrons. The average molecular weight is 346 g/mol. The molecule has 1 aromatic carbocycles. The molecule has 3 rings (SSSR count). The zero-order valence-corrected chi connectivity index (χ0v) is 14.6. The number of hydrogen-bond donors (Lipinski definition) is 1. The summed E-state index contributed by atoms with van der Waals surface area (Å²) in [5.41, 5.74) is -0.328. The van der Waals surface area contributed by atoms with E-state index >= 15 is 0 Å². The lowest BCUT2D eigenvalue weighted by Gasteiger charge is -2.28. The molecule has 1 aromatic heterocycles. The Bertz CT molecular complexity index is 866. The summed E-state index contributed by atoms with van der Waals surface area (Å²) in [5, 5.41) is 10.7. The molecule has 0 amide bonds. The molecule has 0 bridgehead atoms. The van der Waals surface area contributed by atoms with E-state index in [9.17, 15) is 14.7 Å². The molecule has 25 heavy (non-hydrogen) atoms. The van der Waals surface area contributed by atoms with Crippen LogP contribution in [0.1, 0.15) is 55.5 Å². The summed E-state index contributed by atoms with van der Waals surface area (Å²) in [6.45, 7) is 5.37. The highest BCUT2D eigenvalue weighted by atomic mass is 16.7. The number of hydrogen-bond acceptors (Lipinski definition) is 6. The van der Waals surface area contributed by atoms with Crippen LogP contribution in [0.3, 0.4) is 0 Å². The zero-order chi connectivity index (χ0) is 18.1. The Kier molecular flexibility index (Phi) is 4.81. The standard InChI is InChI=1S/C19H22O6/c1-4-13(20)16-17(21)12-8-9-14(11(3)18(12)25-19(16)22)24-15-7-5-6-10(2)23-15/h8-10,15,21H,4-7H2,1-3H3/t10-,15?/m1/s1. The van der Waals surface area contributed by atoms with Gasteiger partial charge in [-0.15, -0.1) is 0 Å². The first-order valence-electron chi connectivity index (χ1n) is 8.57. The molecule has 1 aliphatic heterocycles. The number of Topliss-reactive ketones (excluding diaryl/α,β-unsaturated/α-hetero) is 1. The third-order valence-corrected chi connectivity index (χ3v) is 4.54. The second-order valence-corrected chi connectivity index (χ2v) is 6.38. The lowest BCUT2D eigenvalue weighted by Crippen LogP contribution is -2.30. The fraction of sp³-hybridized carbons (Fsp3) is 0.474. The Hall–Kier alpha value is -2.34. The van der Waals surface area contributed by atoms with Gasteiger partial charge >= 0.3 is 5.63 Å². The molecule has 1 unspecified atom stereocenters. The van der Waals surface area contributed by atoms with E-state index in [1.54, 1.807) is 26.0 Å². The van der Waals surface area contributed by atoms with Crippen LogP contribution in [-0.2, 0) is 4.74 Å². The minimum Gasteiger partial charge on any atom is -0.506 e. The van der Waals surface area contributed by atoms with Crippen molar-refractivity contribution in [3.8, 4) is 11.5 Å². The predicted molar refractivity (Wildman–Crippen MR) is 92.3 cm³/mol. The fourth-order valence-electron chi connectivity index (χ4n) is 3.11. The van der Waals surface area contributed by atoms with E-state index in [4.69, 9.17) is 13.9 Å². The SMILES string of the molecule is CCC(=O)c1c(O)c2ccc(OC3CCC[C@@H](C)O3)c(C)c2oc1=O. The zero-order valence-electron chi connectivity index (χ0n) is 14.6. The van der Waals surface area contributed by atoms with Crippen LogP contribution in [0.15, 0.2) is 21.3 Å². The number of benzene rings is 1. The van der Waals surface area contributed by atoms with Gasteiger partial charge in [-0.05, 0) is 38.8 Å². The summed E-state index contributed by atoms with van der Waals surface area (Å²) < 4.78 is 17.0. The van der Waals surface area contributed by atoms with Crippen molar-refractivity contribution in [2.45, 2.75) is 58.8 Å². The van der Waals surface area contributed by atoms with E-state index in [1.807, 2.05) is 6.92 Å². The molecule has 2 heterocycles. The lowest BCUT2D eigenvalue weighted by atomic mass is 10.0. The highest BCUT2D eigenvalue weighted by molar-refractivity contribution is 6.03. The molecule has 1 N–H and O–H groups in total. The third-order valence-electron chi connectivity index (χ3n) is 4.54. The van der Waals surface area contributed by atoms with Crippen molar-refractivity contribution in [3.63, 3.8) is 0 Å². The van der Waals surface area contributed by atoms with Gasteiger partial charge in [0.1, 0.15) is 22.6 Å². The summed E-state index contributed by atoms with van der Waals surface area (Å²) in [6.07, 6.45) is 2.73. The van der Waals surface area contributed by atoms with Crippen LogP contribution >= 0.6 is 0 Å². The first kappa shape index (κ1) is 17.5. The van der Waals surface area contributed by atoms with Crippen molar-refractivity contribution in [2.24, 2.45) is 0 Å². The van der Waals surface area contributed by atoms with E-state index < -0.39 is 11.4 Å². The monoisotopic (exact) mass is 346 g/mol. The fourth-order valence-corrected chi connectivity index (χ4v) is 3.11. The van der Waals surface area contributed by atoms with Gasteiger partial charge in [-0.3, -0.25) is 4.79 Å². The molecule has 2 atom stereocenters. The van der Waals surface area contributed by atoms with Gasteiger partial charge < -0.3 is 19.0 Å². The van der Waals surface area contributed by atoms with Gasteiger partial charge in [0, 0.05) is 18.4 Å².